The summed E-state index contributed by atoms with van der Waals surface area (Å²) in [4.78, 5) is 63.8. The van der Waals surface area contributed by atoms with E-state index in [2.05, 4.69) is 10.6 Å². The van der Waals surface area contributed by atoms with Gasteiger partial charge in [-0.05, 0) is 48.9 Å². The van der Waals surface area contributed by atoms with Crippen LogP contribution in [0, 0.1) is 0 Å². The normalized spacial score (nSPS) is 16.9. The summed E-state index contributed by atoms with van der Waals surface area (Å²) in [5.74, 6) is -4.33. The van der Waals surface area contributed by atoms with Gasteiger partial charge in [0.05, 0.1) is 6.04 Å². The predicted octanol–water partition coefficient (Wildman–Crippen LogP) is 0.415. The summed E-state index contributed by atoms with van der Waals surface area (Å²) in [5.41, 5.74) is 7.51. The Labute approximate surface area is 231 Å². The number of nitrogens with zero attached hydrogens (tertiary/aromatic N) is 1. The first-order chi connectivity index (χ1) is 19.0. The Hall–Kier alpha value is -4.45. The van der Waals surface area contributed by atoms with Crippen molar-refractivity contribution in [1.29, 1.82) is 0 Å². The van der Waals surface area contributed by atoms with Gasteiger partial charge in [-0.3, -0.25) is 19.2 Å². The number of likely N-dealkylation sites (tertiary alicyclic amines) is 1. The molecule has 4 atom stereocenters. The van der Waals surface area contributed by atoms with Crippen molar-refractivity contribution in [1.82, 2.24) is 15.5 Å². The number of carbonyl (C=O) groups excluding carboxylic acids is 3. The number of amides is 3. The molecule has 1 aliphatic rings. The van der Waals surface area contributed by atoms with Crippen molar-refractivity contribution in [3.63, 3.8) is 0 Å². The molecule has 40 heavy (non-hydrogen) atoms. The Bertz CT molecular complexity index is 1200. The van der Waals surface area contributed by atoms with Crippen LogP contribution in [0.4, 0.5) is 0 Å². The minimum absolute atomic E-state index is 0.0612. The highest BCUT2D eigenvalue weighted by Gasteiger charge is 2.38. The van der Waals surface area contributed by atoms with Crippen LogP contribution in [0.2, 0.25) is 0 Å². The van der Waals surface area contributed by atoms with Crippen LogP contribution < -0.4 is 16.4 Å². The number of hydrogen-bond donors (Lipinski definition) is 6. The molecule has 2 aromatic rings. The molecule has 3 amide bonds. The van der Waals surface area contributed by atoms with E-state index in [1.165, 1.54) is 12.1 Å². The number of carbonyl (C=O) groups is 5. The number of nitrogens with one attached hydrogen (secondary N) is 2. The molecular weight excluding hydrogens is 520 g/mol. The standard InChI is InChI=1S/C28H34N4O8/c29-20(15-18-8-10-19(33)11-9-18)25(36)31-22(16-17-5-2-1-3-6-17)26(37)30-21(12-13-24(34)35)27(38)32-14-4-7-23(32)28(39)40/h1-3,5-6,8-11,20-23,33H,4,7,12-16,29H2,(H,30,37)(H,31,36)(H,34,35)(H,39,40). The molecule has 214 valence electrons. The van der Waals surface area contributed by atoms with E-state index in [1.54, 1.807) is 42.5 Å². The zero-order valence-electron chi connectivity index (χ0n) is 21.9. The lowest BCUT2D eigenvalue weighted by atomic mass is 10.0. The lowest BCUT2D eigenvalue weighted by Gasteiger charge is -2.29. The molecule has 0 aromatic heterocycles. The van der Waals surface area contributed by atoms with E-state index >= 15 is 0 Å². The van der Waals surface area contributed by atoms with Crippen LogP contribution in [-0.4, -0.2) is 80.6 Å². The van der Waals surface area contributed by atoms with Crippen LogP contribution in [-0.2, 0) is 36.8 Å². The van der Waals surface area contributed by atoms with Gasteiger partial charge < -0.3 is 36.6 Å². The van der Waals surface area contributed by atoms with Gasteiger partial charge in [-0.25, -0.2) is 4.79 Å². The molecule has 12 nitrogen and oxygen atoms in total. The highest BCUT2D eigenvalue weighted by molar-refractivity contribution is 5.94. The number of aromatic hydroxyl groups is 1. The molecule has 7 N–H and O–H groups in total. The molecule has 0 aliphatic carbocycles. The van der Waals surface area contributed by atoms with E-state index in [9.17, 15) is 39.3 Å². The number of benzene rings is 2. The largest absolute Gasteiger partial charge is 0.508 e. The van der Waals surface area contributed by atoms with Gasteiger partial charge in [0.1, 0.15) is 23.9 Å². The van der Waals surface area contributed by atoms with Crippen LogP contribution >= 0.6 is 0 Å². The summed E-state index contributed by atoms with van der Waals surface area (Å²) in [7, 11) is 0. The number of carboxylic acids is 2. The smallest absolute Gasteiger partial charge is 0.326 e. The molecule has 0 saturated carbocycles. The lowest BCUT2D eigenvalue weighted by molar-refractivity contribution is -0.150. The second-order valence-electron chi connectivity index (χ2n) is 9.75. The third-order valence-electron chi connectivity index (χ3n) is 6.73. The summed E-state index contributed by atoms with van der Waals surface area (Å²) in [5, 5.41) is 33.3. The van der Waals surface area contributed by atoms with E-state index < -0.39 is 60.2 Å². The van der Waals surface area contributed by atoms with Crippen molar-refractivity contribution in [3.8, 4) is 5.75 Å². The van der Waals surface area contributed by atoms with Crippen LogP contribution in [0.5, 0.6) is 5.75 Å². The molecule has 1 fully saturated rings. The van der Waals surface area contributed by atoms with E-state index in [1.807, 2.05) is 0 Å². The maximum atomic E-state index is 13.5. The predicted molar refractivity (Wildman–Crippen MR) is 143 cm³/mol. The molecular formula is C28H34N4O8. The Morgan fingerprint density at radius 1 is 0.875 bits per heavy atom. The maximum absolute atomic E-state index is 13.5. The number of phenols is 1. The maximum Gasteiger partial charge on any atom is 0.326 e. The number of aliphatic carboxylic acids is 2. The van der Waals surface area contributed by atoms with Gasteiger partial charge in [0.25, 0.3) is 0 Å². The fourth-order valence-electron chi connectivity index (χ4n) is 4.60. The van der Waals surface area contributed by atoms with E-state index in [0.29, 0.717) is 17.5 Å². The van der Waals surface area contributed by atoms with Gasteiger partial charge in [0, 0.05) is 19.4 Å². The first-order valence-corrected chi connectivity index (χ1v) is 13.0. The second kappa shape index (κ2) is 14.1. The average Bonchev–Trinajstić information content (AvgIpc) is 3.42. The highest BCUT2D eigenvalue weighted by atomic mass is 16.4. The van der Waals surface area contributed by atoms with E-state index in [4.69, 9.17) is 5.73 Å². The van der Waals surface area contributed by atoms with Gasteiger partial charge >= 0.3 is 11.9 Å². The monoisotopic (exact) mass is 554 g/mol. The Balaban J connectivity index is 1.78. The van der Waals surface area contributed by atoms with Crippen molar-refractivity contribution >= 4 is 29.7 Å². The summed E-state index contributed by atoms with van der Waals surface area (Å²) in [6.45, 7) is 0.172. The minimum atomic E-state index is -1.30. The van der Waals surface area contributed by atoms with E-state index in [-0.39, 0.29) is 38.0 Å². The molecule has 3 rings (SSSR count). The first kappa shape index (κ1) is 30.1. The summed E-state index contributed by atoms with van der Waals surface area (Å²) in [6.07, 6.45) is 0.230. The molecule has 4 unspecified atom stereocenters. The fraction of sp³-hybridized carbons (Fsp3) is 0.393. The third-order valence-corrected chi connectivity index (χ3v) is 6.73. The van der Waals surface area contributed by atoms with Gasteiger partial charge in [-0.1, -0.05) is 42.5 Å². The number of carboxylic acid groups (broad SMARTS) is 2. The Kier molecular flexibility index (Phi) is 10.6. The first-order valence-electron chi connectivity index (χ1n) is 13.0. The zero-order valence-corrected chi connectivity index (χ0v) is 21.9. The molecule has 12 heteroatoms. The highest BCUT2D eigenvalue weighted by Crippen LogP contribution is 2.20. The summed E-state index contributed by atoms with van der Waals surface area (Å²) >= 11 is 0. The van der Waals surface area contributed by atoms with Crippen LogP contribution in [0.3, 0.4) is 0 Å². The quantitative estimate of drug-likeness (QED) is 0.203. The number of nitrogens with two attached hydrogens (primary N) is 1. The molecule has 1 heterocycles. The third kappa shape index (κ3) is 8.53. The van der Waals surface area contributed by atoms with Crippen LogP contribution in [0.15, 0.2) is 54.6 Å². The van der Waals surface area contributed by atoms with Gasteiger partial charge in [-0.15, -0.1) is 0 Å². The van der Waals surface area contributed by atoms with Crippen molar-refractivity contribution in [2.45, 2.75) is 62.7 Å². The number of rotatable bonds is 13. The SMILES string of the molecule is NC(Cc1ccc(O)cc1)C(=O)NC(Cc1ccccc1)C(=O)NC(CCC(=O)O)C(=O)N1CCCC1C(=O)O. The molecule has 2 aromatic carbocycles. The van der Waals surface area contributed by atoms with Crippen molar-refractivity contribution < 1.29 is 39.3 Å². The zero-order chi connectivity index (χ0) is 29.2. The second-order valence-corrected chi connectivity index (χ2v) is 9.75. The number of phenolic OH excluding ortho intramolecular Hbond substituents is 1. The van der Waals surface area contributed by atoms with Gasteiger partial charge in [-0.2, -0.15) is 0 Å². The lowest BCUT2D eigenvalue weighted by Crippen LogP contribution is -2.57. The van der Waals surface area contributed by atoms with Crippen LogP contribution in [0.25, 0.3) is 0 Å². The summed E-state index contributed by atoms with van der Waals surface area (Å²) in [6, 6.07) is 10.5. The van der Waals surface area contributed by atoms with Crippen molar-refractivity contribution in [2.75, 3.05) is 6.54 Å². The van der Waals surface area contributed by atoms with Gasteiger partial charge in [0.2, 0.25) is 17.7 Å². The molecule has 1 aliphatic heterocycles. The number of hydrogen-bond acceptors (Lipinski definition) is 7. The molecule has 1 saturated heterocycles. The Morgan fingerprint density at radius 3 is 2.12 bits per heavy atom. The summed E-state index contributed by atoms with van der Waals surface area (Å²) < 4.78 is 0. The topological polar surface area (TPSA) is 199 Å². The fourth-order valence-corrected chi connectivity index (χ4v) is 4.60. The molecule has 0 spiro atoms. The van der Waals surface area contributed by atoms with Crippen molar-refractivity contribution in [2.24, 2.45) is 5.73 Å². The van der Waals surface area contributed by atoms with Crippen LogP contribution in [0.1, 0.15) is 36.8 Å². The average molecular weight is 555 g/mol. The Morgan fingerprint density at radius 2 is 1.50 bits per heavy atom. The van der Waals surface area contributed by atoms with Crippen molar-refractivity contribution in [3.05, 3.63) is 65.7 Å². The van der Waals surface area contributed by atoms with Gasteiger partial charge in [0.15, 0.2) is 0 Å². The minimum Gasteiger partial charge on any atom is -0.508 e. The van der Waals surface area contributed by atoms with E-state index in [0.717, 1.165) is 4.90 Å². The molecule has 0 bridgehead atoms. The molecule has 0 radical (unpaired) electrons.